The SMILES string of the molecule is CCNC(CC)c1ccc(Sc2cnn(C)c2)cc1. The van der Waals surface area contributed by atoms with E-state index in [4.69, 9.17) is 0 Å². The second kappa shape index (κ2) is 6.78. The predicted molar refractivity (Wildman–Crippen MR) is 80.5 cm³/mol. The largest absolute Gasteiger partial charge is 0.310 e. The number of rotatable bonds is 6. The highest BCUT2D eigenvalue weighted by Gasteiger charge is 2.07. The van der Waals surface area contributed by atoms with Crippen molar-refractivity contribution in [1.29, 1.82) is 0 Å². The van der Waals surface area contributed by atoms with Gasteiger partial charge in [0.2, 0.25) is 0 Å². The smallest absolute Gasteiger partial charge is 0.0629 e. The zero-order valence-corrected chi connectivity index (χ0v) is 12.6. The molecule has 0 spiro atoms. The molecule has 2 aromatic rings. The third-order valence-electron chi connectivity index (χ3n) is 3.06. The van der Waals surface area contributed by atoms with E-state index in [1.165, 1.54) is 15.4 Å². The zero-order chi connectivity index (χ0) is 13.7. The molecular formula is C15H21N3S. The van der Waals surface area contributed by atoms with Crippen LogP contribution >= 0.6 is 11.8 Å². The van der Waals surface area contributed by atoms with Crippen LogP contribution in [0.1, 0.15) is 31.9 Å². The van der Waals surface area contributed by atoms with Crippen LogP contribution in [0, 0.1) is 0 Å². The minimum absolute atomic E-state index is 0.461. The number of aromatic nitrogens is 2. The Hall–Kier alpha value is -1.26. The molecule has 0 saturated heterocycles. The van der Waals surface area contributed by atoms with Crippen molar-refractivity contribution in [3.05, 3.63) is 42.2 Å². The Bertz CT molecular complexity index is 504. The number of aryl methyl sites for hydroxylation is 1. The highest BCUT2D eigenvalue weighted by Crippen LogP contribution is 2.28. The molecule has 3 nitrogen and oxygen atoms in total. The van der Waals surface area contributed by atoms with E-state index in [2.05, 4.69) is 48.5 Å². The lowest BCUT2D eigenvalue weighted by atomic mass is 10.1. The lowest BCUT2D eigenvalue weighted by molar-refractivity contribution is 0.537. The highest BCUT2D eigenvalue weighted by atomic mass is 32.2. The molecule has 1 N–H and O–H groups in total. The van der Waals surface area contributed by atoms with E-state index in [1.54, 1.807) is 11.8 Å². The van der Waals surface area contributed by atoms with Gasteiger partial charge in [-0.05, 0) is 30.7 Å². The Morgan fingerprint density at radius 1 is 1.21 bits per heavy atom. The molecule has 0 fully saturated rings. The average molecular weight is 275 g/mol. The third-order valence-corrected chi connectivity index (χ3v) is 4.01. The van der Waals surface area contributed by atoms with Gasteiger partial charge in [0.05, 0.1) is 11.1 Å². The van der Waals surface area contributed by atoms with Crippen molar-refractivity contribution in [2.24, 2.45) is 7.05 Å². The number of hydrogen-bond acceptors (Lipinski definition) is 3. The lowest BCUT2D eigenvalue weighted by Gasteiger charge is -2.16. The molecule has 0 aliphatic rings. The summed E-state index contributed by atoms with van der Waals surface area (Å²) in [7, 11) is 1.94. The molecule has 2 rings (SSSR count). The van der Waals surface area contributed by atoms with Gasteiger partial charge in [-0.1, -0.05) is 37.7 Å². The summed E-state index contributed by atoms with van der Waals surface area (Å²) in [6.45, 7) is 5.37. The van der Waals surface area contributed by atoms with Crippen molar-refractivity contribution in [1.82, 2.24) is 15.1 Å². The fourth-order valence-corrected chi connectivity index (χ4v) is 2.95. The van der Waals surface area contributed by atoms with E-state index < -0.39 is 0 Å². The van der Waals surface area contributed by atoms with Crippen LogP contribution in [0.5, 0.6) is 0 Å². The maximum atomic E-state index is 4.18. The Labute approximate surface area is 119 Å². The maximum absolute atomic E-state index is 4.18. The molecule has 0 amide bonds. The van der Waals surface area contributed by atoms with E-state index in [0.717, 1.165) is 13.0 Å². The van der Waals surface area contributed by atoms with Crippen LogP contribution in [0.3, 0.4) is 0 Å². The Balaban J connectivity index is 2.05. The molecule has 0 bridgehead atoms. The van der Waals surface area contributed by atoms with Crippen LogP contribution in [0.4, 0.5) is 0 Å². The molecule has 4 heteroatoms. The van der Waals surface area contributed by atoms with Gasteiger partial charge in [-0.15, -0.1) is 0 Å². The number of nitrogens with one attached hydrogen (secondary N) is 1. The van der Waals surface area contributed by atoms with E-state index in [9.17, 15) is 0 Å². The lowest BCUT2D eigenvalue weighted by Crippen LogP contribution is -2.19. The van der Waals surface area contributed by atoms with Crippen molar-refractivity contribution in [3.8, 4) is 0 Å². The summed E-state index contributed by atoms with van der Waals surface area (Å²) in [5.74, 6) is 0. The Morgan fingerprint density at radius 2 is 1.95 bits per heavy atom. The molecule has 0 aliphatic heterocycles. The maximum Gasteiger partial charge on any atom is 0.0629 e. The van der Waals surface area contributed by atoms with Crippen molar-refractivity contribution < 1.29 is 0 Å². The van der Waals surface area contributed by atoms with E-state index in [1.807, 2.05) is 24.1 Å². The third kappa shape index (κ3) is 3.85. The van der Waals surface area contributed by atoms with Crippen LogP contribution in [0.15, 0.2) is 46.5 Å². The van der Waals surface area contributed by atoms with Gasteiger partial charge in [-0.25, -0.2) is 0 Å². The Kier molecular flexibility index (Phi) is 5.05. The second-order valence-corrected chi connectivity index (χ2v) is 5.69. The molecule has 1 atom stereocenters. The number of nitrogens with zero attached hydrogens (tertiary/aromatic N) is 2. The molecule has 1 aromatic heterocycles. The van der Waals surface area contributed by atoms with E-state index in [0.29, 0.717) is 6.04 Å². The van der Waals surface area contributed by atoms with Crippen LogP contribution in [0.2, 0.25) is 0 Å². The normalized spacial score (nSPS) is 12.6. The standard InChI is InChI=1S/C15H21N3S/c1-4-15(16-5-2)12-6-8-13(9-7-12)19-14-10-17-18(3)11-14/h6-11,15-16H,4-5H2,1-3H3. The topological polar surface area (TPSA) is 29.9 Å². The summed E-state index contributed by atoms with van der Waals surface area (Å²) in [5, 5.41) is 7.68. The van der Waals surface area contributed by atoms with Crippen LogP contribution < -0.4 is 5.32 Å². The van der Waals surface area contributed by atoms with E-state index >= 15 is 0 Å². The van der Waals surface area contributed by atoms with Crippen LogP contribution in [-0.2, 0) is 7.05 Å². The molecule has 1 heterocycles. The van der Waals surface area contributed by atoms with Crippen molar-refractivity contribution in [2.45, 2.75) is 36.1 Å². The summed E-state index contributed by atoms with van der Waals surface area (Å²) in [6.07, 6.45) is 5.04. The fourth-order valence-electron chi connectivity index (χ4n) is 2.10. The minimum Gasteiger partial charge on any atom is -0.310 e. The van der Waals surface area contributed by atoms with Crippen molar-refractivity contribution >= 4 is 11.8 Å². The summed E-state index contributed by atoms with van der Waals surface area (Å²) < 4.78 is 1.83. The summed E-state index contributed by atoms with van der Waals surface area (Å²) in [6, 6.07) is 9.27. The van der Waals surface area contributed by atoms with Gasteiger partial charge in [0, 0.05) is 24.2 Å². The molecule has 19 heavy (non-hydrogen) atoms. The summed E-state index contributed by atoms with van der Waals surface area (Å²) in [5.41, 5.74) is 1.36. The monoisotopic (exact) mass is 275 g/mol. The first kappa shape index (κ1) is 14.2. The van der Waals surface area contributed by atoms with Crippen LogP contribution in [-0.4, -0.2) is 16.3 Å². The summed E-state index contributed by atoms with van der Waals surface area (Å²) >= 11 is 1.75. The second-order valence-electron chi connectivity index (χ2n) is 4.54. The fraction of sp³-hybridized carbons (Fsp3) is 0.400. The Morgan fingerprint density at radius 3 is 2.47 bits per heavy atom. The minimum atomic E-state index is 0.461. The van der Waals surface area contributed by atoms with Gasteiger partial charge in [0.25, 0.3) is 0 Å². The van der Waals surface area contributed by atoms with E-state index in [-0.39, 0.29) is 0 Å². The van der Waals surface area contributed by atoms with Gasteiger partial charge in [0.15, 0.2) is 0 Å². The predicted octanol–water partition coefficient (Wildman–Crippen LogP) is 3.63. The first-order chi connectivity index (χ1) is 9.22. The number of hydrogen-bond donors (Lipinski definition) is 1. The van der Waals surface area contributed by atoms with Crippen LogP contribution in [0.25, 0.3) is 0 Å². The van der Waals surface area contributed by atoms with Gasteiger partial charge in [-0.3, -0.25) is 4.68 Å². The van der Waals surface area contributed by atoms with Crippen molar-refractivity contribution in [2.75, 3.05) is 6.54 Å². The molecule has 1 unspecified atom stereocenters. The van der Waals surface area contributed by atoms with Crippen molar-refractivity contribution in [3.63, 3.8) is 0 Å². The molecule has 0 aliphatic carbocycles. The molecule has 102 valence electrons. The van der Waals surface area contributed by atoms with Gasteiger partial charge in [0.1, 0.15) is 0 Å². The summed E-state index contributed by atoms with van der Waals surface area (Å²) in [4.78, 5) is 2.43. The molecule has 0 radical (unpaired) electrons. The molecule has 1 aromatic carbocycles. The average Bonchev–Trinajstić information content (AvgIpc) is 2.82. The van der Waals surface area contributed by atoms with Gasteiger partial charge >= 0.3 is 0 Å². The number of benzene rings is 1. The highest BCUT2D eigenvalue weighted by molar-refractivity contribution is 7.99. The van der Waals surface area contributed by atoms with Gasteiger partial charge in [-0.2, -0.15) is 5.10 Å². The quantitative estimate of drug-likeness (QED) is 0.873. The molecule has 0 saturated carbocycles. The zero-order valence-electron chi connectivity index (χ0n) is 11.8. The van der Waals surface area contributed by atoms with Gasteiger partial charge < -0.3 is 5.32 Å². The molecular weight excluding hydrogens is 254 g/mol. The first-order valence-corrected chi connectivity index (χ1v) is 7.54. The first-order valence-electron chi connectivity index (χ1n) is 6.72.